The van der Waals surface area contributed by atoms with Crippen LogP contribution in [0.15, 0.2) is 45.7 Å². The minimum Gasteiger partial charge on any atom is -0.488 e. The van der Waals surface area contributed by atoms with Gasteiger partial charge in [0.25, 0.3) is 10.0 Å². The normalized spacial score (nSPS) is 16.9. The highest BCUT2D eigenvalue weighted by atomic mass is 32.2. The minimum atomic E-state index is -3.91. The van der Waals surface area contributed by atoms with Crippen molar-refractivity contribution < 1.29 is 23.1 Å². The van der Waals surface area contributed by atoms with Crippen LogP contribution in [0, 0.1) is 0 Å². The second kappa shape index (κ2) is 4.61. The molecule has 94 valence electrons. The molecule has 6 nitrogen and oxygen atoms in total. The van der Waals surface area contributed by atoms with Crippen molar-refractivity contribution in [2.75, 3.05) is 6.61 Å². The molecule has 1 heterocycles. The van der Waals surface area contributed by atoms with E-state index in [-0.39, 0.29) is 11.5 Å². The molecule has 1 aromatic rings. The Morgan fingerprint density at radius 3 is 2.50 bits per heavy atom. The summed E-state index contributed by atoms with van der Waals surface area (Å²) in [6, 6.07) is 8.62. The van der Waals surface area contributed by atoms with Gasteiger partial charge in [-0.2, -0.15) is 12.8 Å². The van der Waals surface area contributed by atoms with E-state index in [0.717, 1.165) is 6.08 Å². The second-order valence-corrected chi connectivity index (χ2v) is 5.13. The highest BCUT2D eigenvalue weighted by Gasteiger charge is 2.28. The lowest BCUT2D eigenvalue weighted by atomic mass is 10.3. The molecular weight excluding hydrogens is 258 g/mol. The average Bonchev–Trinajstić information content (AvgIpc) is 2.64. The molecule has 0 spiro atoms. The fraction of sp³-hybridized carbons (Fsp3) is 0.0909. The Bertz CT molecular complexity index is 631. The Morgan fingerprint density at radius 1 is 1.28 bits per heavy atom. The van der Waals surface area contributed by atoms with Crippen LogP contribution in [0.5, 0.6) is 5.75 Å². The molecule has 0 atom stereocenters. The van der Waals surface area contributed by atoms with Crippen molar-refractivity contribution in [3.63, 3.8) is 0 Å². The van der Waals surface area contributed by atoms with E-state index in [9.17, 15) is 13.2 Å². The standard InChI is InChI=1S/C11H9NO5S/c13-11(14)10-6-9(18(15,16)12-10)7-17-8-4-2-1-3-5-8/h1-6H,7H2,(H,13,14). The number of carbonyl (C=O) groups is 1. The molecule has 0 amide bonds. The summed E-state index contributed by atoms with van der Waals surface area (Å²) in [4.78, 5) is 10.5. The second-order valence-electron chi connectivity index (χ2n) is 3.47. The Labute approximate surface area is 103 Å². The number of sulfonamides is 1. The van der Waals surface area contributed by atoms with Gasteiger partial charge in [0.15, 0.2) is 5.71 Å². The summed E-state index contributed by atoms with van der Waals surface area (Å²) in [7, 11) is -3.91. The summed E-state index contributed by atoms with van der Waals surface area (Å²) in [5.74, 6) is -0.884. The first-order chi connectivity index (χ1) is 8.49. The first-order valence-corrected chi connectivity index (χ1v) is 6.40. The molecule has 18 heavy (non-hydrogen) atoms. The maximum Gasteiger partial charge on any atom is 0.355 e. The van der Waals surface area contributed by atoms with E-state index < -0.39 is 21.7 Å². The van der Waals surface area contributed by atoms with Crippen LogP contribution in [0.3, 0.4) is 0 Å². The Hall–Kier alpha value is -2.15. The van der Waals surface area contributed by atoms with Crippen LogP contribution in [0.25, 0.3) is 0 Å². The number of carboxylic acids is 1. The van der Waals surface area contributed by atoms with Gasteiger partial charge in [-0.1, -0.05) is 18.2 Å². The molecule has 0 bridgehead atoms. The van der Waals surface area contributed by atoms with Crippen LogP contribution < -0.4 is 4.74 Å². The van der Waals surface area contributed by atoms with Crippen molar-refractivity contribution in [2.45, 2.75) is 0 Å². The average molecular weight is 267 g/mol. The summed E-state index contributed by atoms with van der Waals surface area (Å²) in [6.07, 6.45) is 1.00. The highest BCUT2D eigenvalue weighted by molar-refractivity contribution is 7.94. The number of carboxylic acid groups (broad SMARTS) is 1. The number of aliphatic carboxylic acids is 1. The van der Waals surface area contributed by atoms with Crippen molar-refractivity contribution in [1.82, 2.24) is 0 Å². The van der Waals surface area contributed by atoms with Gasteiger partial charge >= 0.3 is 5.97 Å². The molecule has 1 N–H and O–H groups in total. The van der Waals surface area contributed by atoms with Gasteiger partial charge in [-0.3, -0.25) is 0 Å². The third kappa shape index (κ3) is 2.57. The molecular formula is C11H9NO5S. The van der Waals surface area contributed by atoms with Crippen molar-refractivity contribution in [2.24, 2.45) is 4.40 Å². The summed E-state index contributed by atoms with van der Waals surface area (Å²) < 4.78 is 31.4. The van der Waals surface area contributed by atoms with Gasteiger partial charge in [0.2, 0.25) is 0 Å². The predicted molar refractivity (Wildman–Crippen MR) is 64.0 cm³/mol. The van der Waals surface area contributed by atoms with Crippen molar-refractivity contribution in [3.8, 4) is 5.75 Å². The number of hydrogen-bond acceptors (Lipinski definition) is 4. The monoisotopic (exact) mass is 267 g/mol. The van der Waals surface area contributed by atoms with E-state index in [2.05, 4.69) is 4.40 Å². The van der Waals surface area contributed by atoms with Gasteiger partial charge in [0, 0.05) is 0 Å². The first kappa shape index (κ1) is 12.3. The van der Waals surface area contributed by atoms with Gasteiger partial charge in [-0.25, -0.2) is 4.79 Å². The Kier molecular flexibility index (Phi) is 3.15. The zero-order chi connectivity index (χ0) is 13.2. The third-order valence-electron chi connectivity index (χ3n) is 2.19. The molecule has 7 heteroatoms. The lowest BCUT2D eigenvalue weighted by Crippen LogP contribution is -2.07. The lowest BCUT2D eigenvalue weighted by molar-refractivity contribution is -0.129. The molecule has 0 saturated heterocycles. The topological polar surface area (TPSA) is 93.0 Å². The van der Waals surface area contributed by atoms with Gasteiger partial charge < -0.3 is 9.84 Å². The van der Waals surface area contributed by atoms with Crippen molar-refractivity contribution in [3.05, 3.63) is 41.3 Å². The molecule has 1 aliphatic heterocycles. The molecule has 2 rings (SSSR count). The third-order valence-corrected chi connectivity index (χ3v) is 3.53. The van der Waals surface area contributed by atoms with Gasteiger partial charge in [0.05, 0.1) is 0 Å². The van der Waals surface area contributed by atoms with E-state index >= 15 is 0 Å². The van der Waals surface area contributed by atoms with Crippen LogP contribution >= 0.6 is 0 Å². The summed E-state index contributed by atoms with van der Waals surface area (Å²) in [6.45, 7) is -0.243. The zero-order valence-corrected chi connectivity index (χ0v) is 9.92. The number of hydrogen-bond donors (Lipinski definition) is 1. The predicted octanol–water partition coefficient (Wildman–Crippen LogP) is 0.818. The molecule has 1 aliphatic rings. The van der Waals surface area contributed by atoms with Crippen molar-refractivity contribution in [1.29, 1.82) is 0 Å². The van der Waals surface area contributed by atoms with Crippen molar-refractivity contribution >= 4 is 21.7 Å². The molecule has 0 aliphatic carbocycles. The van der Waals surface area contributed by atoms with E-state index in [1.54, 1.807) is 30.3 Å². The van der Waals surface area contributed by atoms with Gasteiger partial charge in [-0.15, -0.1) is 0 Å². The van der Waals surface area contributed by atoms with E-state index in [1.165, 1.54) is 0 Å². The molecule has 0 radical (unpaired) electrons. The van der Waals surface area contributed by atoms with E-state index in [4.69, 9.17) is 9.84 Å². The summed E-state index contributed by atoms with van der Waals surface area (Å²) in [5, 5.41) is 8.67. The number of benzene rings is 1. The lowest BCUT2D eigenvalue weighted by Gasteiger charge is -2.05. The summed E-state index contributed by atoms with van der Waals surface area (Å²) in [5.41, 5.74) is -0.498. The maximum atomic E-state index is 11.5. The quantitative estimate of drug-likeness (QED) is 0.871. The molecule has 0 unspecified atom stereocenters. The van der Waals surface area contributed by atoms with Crippen LogP contribution in [-0.2, 0) is 14.8 Å². The molecule has 1 aromatic carbocycles. The highest BCUT2D eigenvalue weighted by Crippen LogP contribution is 2.19. The smallest absolute Gasteiger partial charge is 0.355 e. The number of nitrogens with zero attached hydrogens (tertiary/aromatic N) is 1. The first-order valence-electron chi connectivity index (χ1n) is 4.96. The largest absolute Gasteiger partial charge is 0.488 e. The molecule has 0 fully saturated rings. The van der Waals surface area contributed by atoms with Crippen LogP contribution in [-0.4, -0.2) is 31.8 Å². The van der Waals surface area contributed by atoms with Crippen LogP contribution in [0.1, 0.15) is 0 Å². The minimum absolute atomic E-state index is 0.163. The van der Waals surface area contributed by atoms with E-state index in [0.29, 0.717) is 5.75 Å². The Morgan fingerprint density at radius 2 is 1.94 bits per heavy atom. The maximum absolute atomic E-state index is 11.5. The van der Waals surface area contributed by atoms with Gasteiger partial charge in [-0.05, 0) is 18.2 Å². The molecule has 0 aromatic heterocycles. The number of ether oxygens (including phenoxy) is 1. The molecule has 0 saturated carbocycles. The van der Waals surface area contributed by atoms with Gasteiger partial charge in [0.1, 0.15) is 17.3 Å². The fourth-order valence-electron chi connectivity index (χ4n) is 1.33. The zero-order valence-electron chi connectivity index (χ0n) is 9.11. The van der Waals surface area contributed by atoms with Crippen LogP contribution in [0.2, 0.25) is 0 Å². The van der Waals surface area contributed by atoms with E-state index in [1.807, 2.05) is 0 Å². The number of rotatable bonds is 4. The SMILES string of the molecule is O=C(O)C1=NS(=O)(=O)C(COc2ccccc2)=C1. The number of para-hydroxylation sites is 1. The fourth-order valence-corrected chi connectivity index (χ4v) is 2.30. The summed E-state index contributed by atoms with van der Waals surface area (Å²) >= 11 is 0. The Balaban J connectivity index is 2.12. The van der Waals surface area contributed by atoms with Crippen LogP contribution in [0.4, 0.5) is 0 Å².